The lowest BCUT2D eigenvalue weighted by atomic mass is 9.95. The van der Waals surface area contributed by atoms with E-state index in [1.807, 2.05) is 4.90 Å². The van der Waals surface area contributed by atoms with Gasteiger partial charge in [0.1, 0.15) is 6.54 Å². The van der Waals surface area contributed by atoms with Gasteiger partial charge in [0.25, 0.3) is 0 Å². The highest BCUT2D eigenvalue weighted by Crippen LogP contribution is 2.29. The molecule has 3 aromatic rings. The Balaban J connectivity index is 1.49. The van der Waals surface area contributed by atoms with Gasteiger partial charge < -0.3 is 14.3 Å². The van der Waals surface area contributed by atoms with Crippen molar-refractivity contribution in [2.45, 2.75) is 40.2 Å². The maximum absolute atomic E-state index is 13.6. The molecule has 1 amide bonds. The number of aryl methyl sites for hydroxylation is 1. The second-order valence-corrected chi connectivity index (χ2v) is 10.2. The molecule has 0 N–H and O–H groups in total. The van der Waals surface area contributed by atoms with Gasteiger partial charge in [-0.3, -0.25) is 4.79 Å². The van der Waals surface area contributed by atoms with Gasteiger partial charge in [-0.2, -0.15) is 4.98 Å². The molecule has 0 aliphatic carbocycles. The molecule has 34 heavy (non-hydrogen) atoms. The monoisotopic (exact) mass is 500 g/mol. The van der Waals surface area contributed by atoms with Crippen molar-refractivity contribution in [1.82, 2.24) is 15.0 Å². The fraction of sp³-hybridized carbons (Fsp3) is 0.423. The number of piperidine rings is 1. The SMILES string of the molecule is Cc1ccc(N2CCC[C@H](C(=O)N(Cc3nc(-c4ccc(Cl)cc4Cl)no3)CC(C)C)C2)cc1. The van der Waals surface area contributed by atoms with Crippen LogP contribution in [0.3, 0.4) is 0 Å². The quantitative estimate of drug-likeness (QED) is 0.383. The summed E-state index contributed by atoms with van der Waals surface area (Å²) < 4.78 is 5.50. The summed E-state index contributed by atoms with van der Waals surface area (Å²) in [5, 5.41) is 5.07. The molecule has 0 unspecified atom stereocenters. The van der Waals surface area contributed by atoms with Crippen molar-refractivity contribution in [3.05, 3.63) is 64.0 Å². The average molecular weight is 501 g/mol. The molecular weight excluding hydrogens is 471 g/mol. The Morgan fingerprint density at radius 1 is 1.21 bits per heavy atom. The van der Waals surface area contributed by atoms with Crippen LogP contribution >= 0.6 is 23.2 Å². The van der Waals surface area contributed by atoms with Crippen molar-refractivity contribution < 1.29 is 9.32 Å². The van der Waals surface area contributed by atoms with Gasteiger partial charge in [0.15, 0.2) is 0 Å². The van der Waals surface area contributed by atoms with E-state index in [4.69, 9.17) is 27.7 Å². The lowest BCUT2D eigenvalue weighted by Crippen LogP contribution is -2.45. The summed E-state index contributed by atoms with van der Waals surface area (Å²) in [5.74, 6) is 1.16. The normalized spacial score (nSPS) is 16.2. The zero-order chi connectivity index (χ0) is 24.2. The molecule has 0 saturated carbocycles. The van der Waals surface area contributed by atoms with E-state index < -0.39 is 0 Å². The van der Waals surface area contributed by atoms with Crippen LogP contribution in [-0.2, 0) is 11.3 Å². The summed E-state index contributed by atoms with van der Waals surface area (Å²) in [4.78, 5) is 22.3. The first kappa shape index (κ1) is 24.6. The summed E-state index contributed by atoms with van der Waals surface area (Å²) >= 11 is 12.3. The van der Waals surface area contributed by atoms with Crippen LogP contribution in [0.15, 0.2) is 47.0 Å². The Bertz CT molecular complexity index is 1130. The van der Waals surface area contributed by atoms with Gasteiger partial charge in [0.2, 0.25) is 17.6 Å². The Labute approximate surface area is 210 Å². The third kappa shape index (κ3) is 5.91. The Hall–Kier alpha value is -2.57. The van der Waals surface area contributed by atoms with E-state index in [1.54, 1.807) is 18.2 Å². The summed E-state index contributed by atoms with van der Waals surface area (Å²) in [7, 11) is 0. The molecule has 1 aromatic heterocycles. The average Bonchev–Trinajstić information content (AvgIpc) is 3.26. The smallest absolute Gasteiger partial charge is 0.246 e. The maximum Gasteiger partial charge on any atom is 0.246 e. The highest BCUT2D eigenvalue weighted by atomic mass is 35.5. The first-order valence-electron chi connectivity index (χ1n) is 11.7. The zero-order valence-corrected chi connectivity index (χ0v) is 21.3. The Morgan fingerprint density at radius 3 is 2.68 bits per heavy atom. The number of amides is 1. The van der Waals surface area contributed by atoms with Gasteiger partial charge in [-0.25, -0.2) is 0 Å². The molecule has 6 nitrogen and oxygen atoms in total. The Morgan fingerprint density at radius 2 is 1.97 bits per heavy atom. The minimum absolute atomic E-state index is 0.0677. The zero-order valence-electron chi connectivity index (χ0n) is 19.8. The molecular formula is C26H30Cl2N4O2. The topological polar surface area (TPSA) is 62.5 Å². The summed E-state index contributed by atoms with van der Waals surface area (Å²) in [6.07, 6.45) is 1.87. The number of hydrogen-bond donors (Lipinski definition) is 0. The van der Waals surface area contributed by atoms with E-state index in [0.717, 1.165) is 19.4 Å². The van der Waals surface area contributed by atoms with Crippen molar-refractivity contribution in [2.24, 2.45) is 11.8 Å². The highest BCUT2D eigenvalue weighted by molar-refractivity contribution is 6.36. The fourth-order valence-electron chi connectivity index (χ4n) is 4.36. The summed E-state index contributed by atoms with van der Waals surface area (Å²) in [5.41, 5.74) is 3.04. The lowest BCUT2D eigenvalue weighted by Gasteiger charge is -2.36. The van der Waals surface area contributed by atoms with Crippen molar-refractivity contribution in [2.75, 3.05) is 24.5 Å². The van der Waals surface area contributed by atoms with E-state index in [-0.39, 0.29) is 18.4 Å². The molecule has 0 bridgehead atoms. The molecule has 1 aliphatic rings. The van der Waals surface area contributed by atoms with Crippen molar-refractivity contribution >= 4 is 34.8 Å². The van der Waals surface area contributed by atoms with E-state index in [9.17, 15) is 4.79 Å². The minimum atomic E-state index is -0.0677. The van der Waals surface area contributed by atoms with Crippen molar-refractivity contribution in [3.63, 3.8) is 0 Å². The molecule has 0 spiro atoms. The Kier molecular flexibility index (Phi) is 7.79. The summed E-state index contributed by atoms with van der Waals surface area (Å²) in [6.45, 7) is 8.87. The number of rotatable bonds is 7. The molecule has 0 radical (unpaired) electrons. The number of carbonyl (C=O) groups is 1. The second-order valence-electron chi connectivity index (χ2n) is 9.37. The standard InChI is InChI=1S/C26H30Cl2N4O2/c1-17(2)14-32(16-24-29-25(30-34-24)22-11-8-20(27)13-23(22)28)26(33)19-5-4-12-31(15-19)21-9-6-18(3)7-10-21/h6-11,13,17,19H,4-5,12,14-16H2,1-3H3/t19-/m0/s1. The van der Waals surface area contributed by atoms with Gasteiger partial charge in [0.05, 0.1) is 10.9 Å². The van der Waals surface area contributed by atoms with Crippen molar-refractivity contribution in [3.8, 4) is 11.4 Å². The molecule has 2 heterocycles. The summed E-state index contributed by atoms with van der Waals surface area (Å²) in [6, 6.07) is 13.6. The molecule has 1 aliphatic heterocycles. The molecule has 1 fully saturated rings. The third-order valence-corrected chi connectivity index (χ3v) is 6.58. The number of carbonyl (C=O) groups excluding carboxylic acids is 1. The van der Waals surface area contributed by atoms with Gasteiger partial charge in [0, 0.05) is 35.9 Å². The van der Waals surface area contributed by atoms with Gasteiger partial charge >= 0.3 is 0 Å². The van der Waals surface area contributed by atoms with Crippen LogP contribution in [0.2, 0.25) is 10.0 Å². The molecule has 2 aromatic carbocycles. The second kappa shape index (κ2) is 10.8. The van der Waals surface area contributed by atoms with Gasteiger partial charge in [-0.05, 0) is 56.0 Å². The maximum atomic E-state index is 13.6. The van der Waals surface area contributed by atoms with Crippen LogP contribution in [-0.4, -0.2) is 40.6 Å². The van der Waals surface area contributed by atoms with Crippen LogP contribution in [0.4, 0.5) is 5.69 Å². The largest absolute Gasteiger partial charge is 0.371 e. The van der Waals surface area contributed by atoms with Crippen LogP contribution < -0.4 is 4.90 Å². The van der Waals surface area contributed by atoms with E-state index >= 15 is 0 Å². The minimum Gasteiger partial charge on any atom is -0.371 e. The van der Waals surface area contributed by atoms with Gasteiger partial charge in [-0.1, -0.05) is 59.9 Å². The van der Waals surface area contributed by atoms with Crippen LogP contribution in [0.5, 0.6) is 0 Å². The predicted molar refractivity (Wildman–Crippen MR) is 136 cm³/mol. The van der Waals surface area contributed by atoms with Crippen molar-refractivity contribution in [1.29, 1.82) is 0 Å². The lowest BCUT2D eigenvalue weighted by molar-refractivity contribution is -0.137. The number of aromatic nitrogens is 2. The number of nitrogens with zero attached hydrogens (tertiary/aromatic N) is 4. The number of halogens is 2. The third-order valence-electron chi connectivity index (χ3n) is 6.03. The van der Waals surface area contributed by atoms with E-state index in [2.05, 4.69) is 60.1 Å². The molecule has 1 saturated heterocycles. The van der Waals surface area contributed by atoms with Gasteiger partial charge in [-0.15, -0.1) is 0 Å². The fourth-order valence-corrected chi connectivity index (χ4v) is 4.86. The van der Waals surface area contributed by atoms with Crippen LogP contribution in [0.25, 0.3) is 11.4 Å². The molecule has 180 valence electrons. The molecule has 4 rings (SSSR count). The number of benzene rings is 2. The first-order valence-corrected chi connectivity index (χ1v) is 12.4. The van der Waals surface area contributed by atoms with Crippen LogP contribution in [0.1, 0.15) is 38.1 Å². The van der Waals surface area contributed by atoms with E-state index in [0.29, 0.717) is 46.3 Å². The predicted octanol–water partition coefficient (Wildman–Crippen LogP) is 6.25. The van der Waals surface area contributed by atoms with Crippen LogP contribution in [0, 0.1) is 18.8 Å². The molecule has 1 atom stereocenters. The number of hydrogen-bond acceptors (Lipinski definition) is 5. The number of anilines is 1. The highest BCUT2D eigenvalue weighted by Gasteiger charge is 2.31. The molecule has 8 heteroatoms. The van der Waals surface area contributed by atoms with E-state index in [1.165, 1.54) is 11.3 Å². The first-order chi connectivity index (χ1) is 16.3.